The van der Waals surface area contributed by atoms with Crippen LogP contribution in [0.25, 0.3) is 0 Å². The van der Waals surface area contributed by atoms with Crippen LogP contribution in [0.2, 0.25) is 0 Å². The summed E-state index contributed by atoms with van der Waals surface area (Å²) >= 11 is 1.30. The summed E-state index contributed by atoms with van der Waals surface area (Å²) in [5, 5.41) is 16.2. The van der Waals surface area contributed by atoms with Crippen LogP contribution in [0, 0.1) is 0 Å². The SMILES string of the molecule is O=C(NC1CCOCC1)NC(C(=O)O)c1cccs1. The van der Waals surface area contributed by atoms with Crippen molar-refractivity contribution in [1.29, 1.82) is 0 Å². The molecule has 0 spiro atoms. The van der Waals surface area contributed by atoms with Gasteiger partial charge in [-0.15, -0.1) is 11.3 Å². The number of hydrogen-bond acceptors (Lipinski definition) is 4. The number of aliphatic carboxylic acids is 1. The van der Waals surface area contributed by atoms with E-state index in [2.05, 4.69) is 10.6 Å². The summed E-state index contributed by atoms with van der Waals surface area (Å²) in [6.07, 6.45) is 1.51. The maximum Gasteiger partial charge on any atom is 0.331 e. The number of hydrogen-bond donors (Lipinski definition) is 3. The molecule has 1 atom stereocenters. The number of nitrogens with one attached hydrogen (secondary N) is 2. The summed E-state index contributed by atoms with van der Waals surface area (Å²) in [5.74, 6) is -1.07. The molecule has 2 amide bonds. The monoisotopic (exact) mass is 284 g/mol. The van der Waals surface area contributed by atoms with Crippen molar-refractivity contribution in [2.45, 2.75) is 24.9 Å². The molecule has 1 aromatic rings. The third-order valence-corrected chi connectivity index (χ3v) is 3.84. The van der Waals surface area contributed by atoms with E-state index in [1.807, 2.05) is 0 Å². The summed E-state index contributed by atoms with van der Waals surface area (Å²) in [4.78, 5) is 23.6. The Bertz CT molecular complexity index is 429. The average Bonchev–Trinajstić information content (AvgIpc) is 2.90. The standard InChI is InChI=1S/C12H16N2O4S/c15-11(16)10(9-2-1-7-19-9)14-12(17)13-8-3-5-18-6-4-8/h1-2,7-8,10H,3-6H2,(H,15,16)(H2,13,14,17). The number of carbonyl (C=O) groups excluding carboxylic acids is 1. The molecular weight excluding hydrogens is 268 g/mol. The van der Waals surface area contributed by atoms with Gasteiger partial charge in [0.2, 0.25) is 0 Å². The lowest BCUT2D eigenvalue weighted by atomic mass is 10.1. The minimum absolute atomic E-state index is 0.0477. The van der Waals surface area contributed by atoms with E-state index in [0.717, 1.165) is 12.8 Å². The van der Waals surface area contributed by atoms with Gasteiger partial charge in [0.15, 0.2) is 6.04 Å². The minimum atomic E-state index is -1.07. The fourth-order valence-electron chi connectivity index (χ4n) is 1.91. The molecule has 1 aliphatic rings. The molecule has 0 aromatic carbocycles. The molecule has 0 aliphatic carbocycles. The third-order valence-electron chi connectivity index (χ3n) is 2.91. The van der Waals surface area contributed by atoms with Crippen molar-refractivity contribution in [3.63, 3.8) is 0 Å². The zero-order valence-electron chi connectivity index (χ0n) is 10.3. The molecule has 19 heavy (non-hydrogen) atoms. The van der Waals surface area contributed by atoms with Crippen molar-refractivity contribution >= 4 is 23.3 Å². The largest absolute Gasteiger partial charge is 0.479 e. The van der Waals surface area contributed by atoms with Crippen molar-refractivity contribution < 1.29 is 19.4 Å². The summed E-state index contributed by atoms with van der Waals surface area (Å²) in [6, 6.07) is 2.05. The van der Waals surface area contributed by atoms with Gasteiger partial charge in [-0.05, 0) is 24.3 Å². The van der Waals surface area contributed by atoms with Gasteiger partial charge in [0.05, 0.1) is 0 Å². The lowest BCUT2D eigenvalue weighted by molar-refractivity contribution is -0.139. The van der Waals surface area contributed by atoms with Crippen molar-refractivity contribution in [2.75, 3.05) is 13.2 Å². The molecule has 1 saturated heterocycles. The summed E-state index contributed by atoms with van der Waals surface area (Å²) < 4.78 is 5.20. The van der Waals surface area contributed by atoms with Gasteiger partial charge in [-0.25, -0.2) is 9.59 Å². The zero-order valence-corrected chi connectivity index (χ0v) is 11.1. The first-order valence-electron chi connectivity index (χ1n) is 6.08. The number of rotatable bonds is 4. The van der Waals surface area contributed by atoms with E-state index in [1.54, 1.807) is 17.5 Å². The highest BCUT2D eigenvalue weighted by molar-refractivity contribution is 7.10. The van der Waals surface area contributed by atoms with Crippen LogP contribution in [-0.2, 0) is 9.53 Å². The molecule has 0 radical (unpaired) electrons. The molecule has 6 nitrogen and oxygen atoms in total. The number of thiophene rings is 1. The van der Waals surface area contributed by atoms with Crippen LogP contribution in [0.1, 0.15) is 23.8 Å². The quantitative estimate of drug-likeness (QED) is 0.779. The lowest BCUT2D eigenvalue weighted by Gasteiger charge is -2.24. The van der Waals surface area contributed by atoms with E-state index < -0.39 is 18.0 Å². The summed E-state index contributed by atoms with van der Waals surface area (Å²) in [7, 11) is 0. The number of carboxylic acid groups (broad SMARTS) is 1. The fraction of sp³-hybridized carbons (Fsp3) is 0.500. The number of urea groups is 1. The Hall–Kier alpha value is -1.60. The molecule has 0 saturated carbocycles. The van der Waals surface area contributed by atoms with E-state index >= 15 is 0 Å². The van der Waals surface area contributed by atoms with E-state index in [4.69, 9.17) is 9.84 Å². The second-order valence-electron chi connectivity index (χ2n) is 4.29. The Kier molecular flexibility index (Phi) is 4.75. The highest BCUT2D eigenvalue weighted by atomic mass is 32.1. The van der Waals surface area contributed by atoms with Crippen molar-refractivity contribution in [3.8, 4) is 0 Å². The predicted molar refractivity (Wildman–Crippen MR) is 70.2 cm³/mol. The van der Waals surface area contributed by atoms with Crippen molar-refractivity contribution in [3.05, 3.63) is 22.4 Å². The van der Waals surface area contributed by atoms with E-state index in [-0.39, 0.29) is 6.04 Å². The number of carboxylic acids is 1. The maximum absolute atomic E-state index is 11.8. The molecule has 7 heteroatoms. The lowest BCUT2D eigenvalue weighted by Crippen LogP contribution is -2.46. The van der Waals surface area contributed by atoms with Crippen LogP contribution in [0.4, 0.5) is 4.79 Å². The third kappa shape index (κ3) is 3.93. The summed E-state index contributed by atoms with van der Waals surface area (Å²) in [6.45, 7) is 1.25. The number of ether oxygens (including phenoxy) is 1. The maximum atomic E-state index is 11.8. The van der Waals surface area contributed by atoms with Crippen LogP contribution in [-0.4, -0.2) is 36.4 Å². The van der Waals surface area contributed by atoms with Gasteiger partial charge in [0.25, 0.3) is 0 Å². The van der Waals surface area contributed by atoms with Gasteiger partial charge >= 0.3 is 12.0 Å². The van der Waals surface area contributed by atoms with E-state index in [0.29, 0.717) is 18.1 Å². The van der Waals surface area contributed by atoms with Gasteiger partial charge in [0, 0.05) is 24.1 Å². The van der Waals surface area contributed by atoms with Gasteiger partial charge in [-0.3, -0.25) is 0 Å². The van der Waals surface area contributed by atoms with Crippen LogP contribution < -0.4 is 10.6 Å². The Balaban J connectivity index is 1.90. The molecule has 1 aromatic heterocycles. The Labute approximate surface area is 114 Å². The number of carbonyl (C=O) groups is 2. The highest BCUT2D eigenvalue weighted by Crippen LogP contribution is 2.19. The molecule has 2 rings (SSSR count). The van der Waals surface area contributed by atoms with Crippen molar-refractivity contribution in [2.24, 2.45) is 0 Å². The molecule has 2 heterocycles. The molecule has 1 unspecified atom stereocenters. The highest BCUT2D eigenvalue weighted by Gasteiger charge is 2.24. The molecule has 0 bridgehead atoms. The Morgan fingerprint density at radius 3 is 2.74 bits per heavy atom. The normalized spacial score (nSPS) is 17.7. The first-order chi connectivity index (χ1) is 9.16. The summed E-state index contributed by atoms with van der Waals surface area (Å²) in [5.41, 5.74) is 0. The van der Waals surface area contributed by atoms with Crippen LogP contribution in [0.3, 0.4) is 0 Å². The van der Waals surface area contributed by atoms with E-state index in [9.17, 15) is 9.59 Å². The van der Waals surface area contributed by atoms with Crippen LogP contribution in [0.15, 0.2) is 17.5 Å². The topological polar surface area (TPSA) is 87.7 Å². The second kappa shape index (κ2) is 6.53. The van der Waals surface area contributed by atoms with Gasteiger partial charge in [-0.2, -0.15) is 0 Å². The molecular formula is C12H16N2O4S. The Morgan fingerprint density at radius 1 is 1.42 bits per heavy atom. The van der Waals surface area contributed by atoms with Crippen LogP contribution >= 0.6 is 11.3 Å². The molecule has 3 N–H and O–H groups in total. The first-order valence-corrected chi connectivity index (χ1v) is 6.96. The molecule has 1 fully saturated rings. The predicted octanol–water partition coefficient (Wildman–Crippen LogP) is 1.35. The van der Waals surface area contributed by atoms with Crippen LogP contribution in [0.5, 0.6) is 0 Å². The Morgan fingerprint density at radius 2 is 2.16 bits per heavy atom. The smallest absolute Gasteiger partial charge is 0.331 e. The minimum Gasteiger partial charge on any atom is -0.479 e. The van der Waals surface area contributed by atoms with Gasteiger partial charge in [0.1, 0.15) is 0 Å². The molecule has 1 aliphatic heterocycles. The van der Waals surface area contributed by atoms with Gasteiger partial charge in [-0.1, -0.05) is 6.07 Å². The fourth-order valence-corrected chi connectivity index (χ4v) is 2.68. The zero-order chi connectivity index (χ0) is 13.7. The van der Waals surface area contributed by atoms with E-state index in [1.165, 1.54) is 11.3 Å². The average molecular weight is 284 g/mol. The molecule has 104 valence electrons. The van der Waals surface area contributed by atoms with Gasteiger partial charge < -0.3 is 20.5 Å². The van der Waals surface area contributed by atoms with Crippen molar-refractivity contribution in [1.82, 2.24) is 10.6 Å². The second-order valence-corrected chi connectivity index (χ2v) is 5.27. The number of amides is 2. The first kappa shape index (κ1) is 13.8.